The molecule has 0 saturated carbocycles. The van der Waals surface area contributed by atoms with Crippen molar-refractivity contribution >= 4 is 28.4 Å². The maximum absolute atomic E-state index is 12.8. The summed E-state index contributed by atoms with van der Waals surface area (Å²) in [5, 5.41) is 0. The summed E-state index contributed by atoms with van der Waals surface area (Å²) in [5.41, 5.74) is -1.28. The molecule has 6 heteroatoms. The highest BCUT2D eigenvalue weighted by Gasteiger charge is 2.35. The van der Waals surface area contributed by atoms with Crippen LogP contribution in [0.2, 0.25) is 0 Å². The van der Waals surface area contributed by atoms with Crippen molar-refractivity contribution in [3.8, 4) is 5.75 Å². The maximum Gasteiger partial charge on any atom is 0.417 e. The summed E-state index contributed by atoms with van der Waals surface area (Å²) in [6.45, 7) is 3.07. The van der Waals surface area contributed by atoms with E-state index >= 15 is 0 Å². The molecule has 1 aromatic rings. The van der Waals surface area contributed by atoms with Crippen molar-refractivity contribution in [3.63, 3.8) is 0 Å². The second-order valence-corrected chi connectivity index (χ2v) is 4.48. The zero-order chi connectivity index (χ0) is 13.2. The fourth-order valence-electron chi connectivity index (χ4n) is 1.35. The Morgan fingerprint density at radius 2 is 2.00 bits per heavy atom. The Morgan fingerprint density at radius 1 is 1.41 bits per heavy atom. The molecular weight excluding hydrogens is 348 g/mol. The number of rotatable bonds is 3. The van der Waals surface area contributed by atoms with Crippen molar-refractivity contribution in [2.45, 2.75) is 20.0 Å². The van der Waals surface area contributed by atoms with Gasteiger partial charge in [0.15, 0.2) is 5.78 Å². The van der Waals surface area contributed by atoms with Gasteiger partial charge < -0.3 is 4.74 Å². The highest BCUT2D eigenvalue weighted by Crippen LogP contribution is 2.36. The van der Waals surface area contributed by atoms with Crippen LogP contribution in [0.1, 0.15) is 29.8 Å². The maximum atomic E-state index is 12.8. The minimum Gasteiger partial charge on any atom is -0.493 e. The first-order valence-electron chi connectivity index (χ1n) is 4.81. The summed E-state index contributed by atoms with van der Waals surface area (Å²) in [5.74, 6) is -0.469. The largest absolute Gasteiger partial charge is 0.493 e. The van der Waals surface area contributed by atoms with Gasteiger partial charge in [0.2, 0.25) is 0 Å². The van der Waals surface area contributed by atoms with E-state index in [9.17, 15) is 18.0 Å². The molecule has 1 rings (SSSR count). The van der Waals surface area contributed by atoms with E-state index < -0.39 is 17.5 Å². The fourth-order valence-corrected chi connectivity index (χ4v) is 1.97. The number of alkyl halides is 3. The Morgan fingerprint density at radius 3 is 2.41 bits per heavy atom. The topological polar surface area (TPSA) is 26.3 Å². The zero-order valence-electron chi connectivity index (χ0n) is 9.19. The van der Waals surface area contributed by atoms with Crippen LogP contribution in [-0.2, 0) is 6.18 Å². The van der Waals surface area contributed by atoms with E-state index in [1.54, 1.807) is 6.92 Å². The van der Waals surface area contributed by atoms with Gasteiger partial charge in [0.1, 0.15) is 5.75 Å². The van der Waals surface area contributed by atoms with Gasteiger partial charge in [-0.1, -0.05) is 0 Å². The summed E-state index contributed by atoms with van der Waals surface area (Å²) in [6, 6.07) is 2.08. The standard InChI is InChI=1S/C11H10F3IO2/c1-3-17-10-5-8(11(12,13)14)7(6(2)16)4-9(10)15/h4-5H,3H2,1-2H3. The van der Waals surface area contributed by atoms with Gasteiger partial charge in [0, 0.05) is 5.56 Å². The van der Waals surface area contributed by atoms with Crippen molar-refractivity contribution in [2.75, 3.05) is 6.61 Å². The summed E-state index contributed by atoms with van der Waals surface area (Å²) in [4.78, 5) is 11.2. The van der Waals surface area contributed by atoms with Gasteiger partial charge in [-0.05, 0) is 48.6 Å². The summed E-state index contributed by atoms with van der Waals surface area (Å²) >= 11 is 1.84. The van der Waals surface area contributed by atoms with Crippen molar-refractivity contribution in [2.24, 2.45) is 0 Å². The molecule has 1 aromatic carbocycles. The highest BCUT2D eigenvalue weighted by molar-refractivity contribution is 14.1. The van der Waals surface area contributed by atoms with Crippen LogP contribution in [-0.4, -0.2) is 12.4 Å². The lowest BCUT2D eigenvalue weighted by molar-refractivity contribution is -0.138. The molecule has 0 amide bonds. The number of hydrogen-bond donors (Lipinski definition) is 0. The lowest BCUT2D eigenvalue weighted by Crippen LogP contribution is -2.13. The number of hydrogen-bond acceptors (Lipinski definition) is 2. The Kier molecular flexibility index (Phi) is 4.40. The number of ether oxygens (including phenoxy) is 1. The Balaban J connectivity index is 3.42. The molecule has 0 heterocycles. The molecule has 0 bridgehead atoms. The average molecular weight is 358 g/mol. The van der Waals surface area contributed by atoms with Crippen molar-refractivity contribution in [1.29, 1.82) is 0 Å². The first-order valence-corrected chi connectivity index (χ1v) is 5.89. The molecule has 0 spiro atoms. The second kappa shape index (κ2) is 5.24. The molecule has 0 aliphatic rings. The molecule has 0 aliphatic carbocycles. The molecule has 2 nitrogen and oxygen atoms in total. The quantitative estimate of drug-likeness (QED) is 0.605. The monoisotopic (exact) mass is 358 g/mol. The van der Waals surface area contributed by atoms with Gasteiger partial charge in [0.25, 0.3) is 0 Å². The van der Waals surface area contributed by atoms with Crippen LogP contribution in [0.3, 0.4) is 0 Å². The molecular formula is C11H10F3IO2. The number of benzene rings is 1. The van der Waals surface area contributed by atoms with Crippen LogP contribution in [0.4, 0.5) is 13.2 Å². The SMILES string of the molecule is CCOc1cc(C(F)(F)F)c(C(C)=O)cc1I. The van der Waals surface area contributed by atoms with E-state index in [-0.39, 0.29) is 17.9 Å². The number of ketones is 1. The van der Waals surface area contributed by atoms with E-state index in [1.165, 1.54) is 6.07 Å². The number of Topliss-reactive ketones (excluding diaryl/α,β-unsaturated/α-hetero) is 1. The van der Waals surface area contributed by atoms with Gasteiger partial charge in [-0.25, -0.2) is 0 Å². The van der Waals surface area contributed by atoms with E-state index in [0.717, 1.165) is 13.0 Å². The average Bonchev–Trinajstić information content (AvgIpc) is 2.18. The van der Waals surface area contributed by atoms with Gasteiger partial charge in [-0.2, -0.15) is 13.2 Å². The molecule has 94 valence electrons. The molecule has 0 unspecified atom stereocenters. The van der Waals surface area contributed by atoms with Gasteiger partial charge >= 0.3 is 6.18 Å². The third kappa shape index (κ3) is 3.34. The minimum absolute atomic E-state index is 0.144. The molecule has 0 aromatic heterocycles. The molecule has 0 fully saturated rings. The third-order valence-electron chi connectivity index (χ3n) is 2.06. The number of carbonyl (C=O) groups is 1. The molecule has 0 radical (unpaired) electrons. The van der Waals surface area contributed by atoms with Crippen LogP contribution >= 0.6 is 22.6 Å². The van der Waals surface area contributed by atoms with Gasteiger partial charge in [-0.3, -0.25) is 4.79 Å². The lowest BCUT2D eigenvalue weighted by Gasteiger charge is -2.14. The van der Waals surface area contributed by atoms with Gasteiger partial charge in [0.05, 0.1) is 15.7 Å². The first kappa shape index (κ1) is 14.3. The van der Waals surface area contributed by atoms with Crippen molar-refractivity contribution < 1.29 is 22.7 Å². The zero-order valence-corrected chi connectivity index (χ0v) is 11.3. The van der Waals surface area contributed by atoms with Crippen LogP contribution in [0.25, 0.3) is 0 Å². The predicted octanol–water partition coefficient (Wildman–Crippen LogP) is 3.91. The third-order valence-corrected chi connectivity index (χ3v) is 2.90. The van der Waals surface area contributed by atoms with E-state index in [0.29, 0.717) is 3.57 Å². The van der Waals surface area contributed by atoms with Crippen molar-refractivity contribution in [3.05, 3.63) is 26.8 Å². The first-order chi connectivity index (χ1) is 7.77. The van der Waals surface area contributed by atoms with Crippen LogP contribution in [0, 0.1) is 3.57 Å². The van der Waals surface area contributed by atoms with Crippen LogP contribution in [0.15, 0.2) is 12.1 Å². The Bertz CT molecular complexity index is 441. The number of carbonyl (C=O) groups excluding carboxylic acids is 1. The Labute approximate surface area is 110 Å². The molecule has 17 heavy (non-hydrogen) atoms. The second-order valence-electron chi connectivity index (χ2n) is 3.32. The predicted molar refractivity (Wildman–Crippen MR) is 65.3 cm³/mol. The van der Waals surface area contributed by atoms with Crippen molar-refractivity contribution in [1.82, 2.24) is 0 Å². The minimum atomic E-state index is -4.56. The lowest BCUT2D eigenvalue weighted by atomic mass is 10.0. The highest BCUT2D eigenvalue weighted by atomic mass is 127. The normalized spacial score (nSPS) is 11.4. The summed E-state index contributed by atoms with van der Waals surface area (Å²) in [7, 11) is 0. The molecule has 0 N–H and O–H groups in total. The molecule has 0 aliphatic heterocycles. The van der Waals surface area contributed by atoms with Crippen LogP contribution < -0.4 is 4.74 Å². The van der Waals surface area contributed by atoms with Crippen LogP contribution in [0.5, 0.6) is 5.75 Å². The van der Waals surface area contributed by atoms with E-state index in [1.807, 2.05) is 22.6 Å². The number of halogens is 4. The smallest absolute Gasteiger partial charge is 0.417 e. The summed E-state index contributed by atoms with van der Waals surface area (Å²) in [6.07, 6.45) is -4.56. The Hall–Kier alpha value is -0.790. The molecule has 0 atom stereocenters. The van der Waals surface area contributed by atoms with Gasteiger partial charge in [-0.15, -0.1) is 0 Å². The summed E-state index contributed by atoms with van der Waals surface area (Å²) < 4.78 is 43.8. The fraction of sp³-hybridized carbons (Fsp3) is 0.364. The van der Waals surface area contributed by atoms with E-state index in [2.05, 4.69) is 0 Å². The molecule has 0 saturated heterocycles. The van der Waals surface area contributed by atoms with E-state index in [4.69, 9.17) is 4.74 Å².